The fourth-order valence-corrected chi connectivity index (χ4v) is 3.55. The fourth-order valence-electron chi connectivity index (χ4n) is 3.14. The Morgan fingerprint density at radius 1 is 1.11 bits per heavy atom. The average Bonchev–Trinajstić information content (AvgIpc) is 2.44. The largest absolute Gasteiger partial charge is 0.278 e. The number of likely N-dealkylation sites (tertiary alicyclic amines) is 1. The summed E-state index contributed by atoms with van der Waals surface area (Å²) in [6.07, 6.45) is 3.66. The first-order valence-corrected chi connectivity index (χ1v) is 7.54. The zero-order valence-corrected chi connectivity index (χ0v) is 12.2. The van der Waals surface area contributed by atoms with E-state index in [-0.39, 0.29) is 23.7 Å². The Bertz CT molecular complexity index is 507. The van der Waals surface area contributed by atoms with Crippen molar-refractivity contribution in [2.75, 3.05) is 0 Å². The van der Waals surface area contributed by atoms with Gasteiger partial charge in [0.1, 0.15) is 0 Å². The second-order valence-electron chi connectivity index (χ2n) is 5.41. The third-order valence-corrected chi connectivity index (χ3v) is 4.96. The summed E-state index contributed by atoms with van der Waals surface area (Å²) >= 11 is 3.47. The van der Waals surface area contributed by atoms with E-state index in [2.05, 4.69) is 15.9 Å². The number of hydrogen-bond donors (Lipinski definition) is 0. The average molecular weight is 322 g/mol. The van der Waals surface area contributed by atoms with E-state index in [0.717, 1.165) is 35.7 Å². The molecule has 2 unspecified atom stereocenters. The number of carbonyl (C=O) groups excluding carboxylic acids is 2. The van der Waals surface area contributed by atoms with Crippen molar-refractivity contribution in [1.82, 2.24) is 4.90 Å². The first-order chi connectivity index (χ1) is 9.16. The van der Waals surface area contributed by atoms with Crippen molar-refractivity contribution in [2.24, 2.45) is 11.8 Å². The lowest BCUT2D eigenvalue weighted by atomic mass is 9.77. The van der Waals surface area contributed by atoms with Crippen LogP contribution in [0.15, 0.2) is 28.7 Å². The zero-order chi connectivity index (χ0) is 13.4. The van der Waals surface area contributed by atoms with Gasteiger partial charge in [0.25, 0.3) is 0 Å². The first kappa shape index (κ1) is 12.9. The summed E-state index contributed by atoms with van der Waals surface area (Å²) in [5, 5.41) is 0. The number of rotatable bonds is 2. The molecular formula is C15H16BrNO2. The van der Waals surface area contributed by atoms with E-state index in [9.17, 15) is 9.59 Å². The van der Waals surface area contributed by atoms with Crippen LogP contribution in [0.1, 0.15) is 31.2 Å². The Morgan fingerprint density at radius 3 is 2.37 bits per heavy atom. The normalized spacial score (nSPS) is 26.7. The van der Waals surface area contributed by atoms with E-state index in [1.165, 1.54) is 4.90 Å². The molecule has 1 aliphatic heterocycles. The highest BCUT2D eigenvalue weighted by Crippen LogP contribution is 2.37. The van der Waals surface area contributed by atoms with E-state index in [1.54, 1.807) is 0 Å². The summed E-state index contributed by atoms with van der Waals surface area (Å²) in [4.78, 5) is 26.2. The monoisotopic (exact) mass is 321 g/mol. The number of fused-ring (bicyclic) bond motifs is 2. The maximum atomic E-state index is 12.4. The third-order valence-electron chi connectivity index (χ3n) is 4.19. The maximum absolute atomic E-state index is 12.4. The molecule has 3 nitrogen and oxygen atoms in total. The minimum Gasteiger partial charge on any atom is -0.278 e. The highest BCUT2D eigenvalue weighted by atomic mass is 79.9. The number of amides is 2. The molecular weight excluding hydrogens is 306 g/mol. The van der Waals surface area contributed by atoms with Crippen LogP contribution in [0.4, 0.5) is 0 Å². The Balaban J connectivity index is 1.85. The van der Waals surface area contributed by atoms with Crippen molar-refractivity contribution in [1.29, 1.82) is 0 Å². The number of piperidine rings is 1. The highest BCUT2D eigenvalue weighted by Gasteiger charge is 2.42. The molecule has 2 atom stereocenters. The smallest absolute Gasteiger partial charge is 0.232 e. The van der Waals surface area contributed by atoms with Gasteiger partial charge in [-0.3, -0.25) is 14.5 Å². The summed E-state index contributed by atoms with van der Waals surface area (Å²) in [5.41, 5.74) is 0.990. The standard InChI is InChI=1S/C15H16BrNO2/c16-13-7-2-1-4-12(13)9-17-14(18)10-5-3-6-11(8-10)15(17)19/h1-2,4,7,10-11H,3,5-6,8-9H2. The van der Waals surface area contributed by atoms with E-state index < -0.39 is 0 Å². The SMILES string of the molecule is O=C1C2CCCC(C2)C(=O)N1Cc1ccccc1Br. The Labute approximate surface area is 121 Å². The van der Waals surface area contributed by atoms with Crippen LogP contribution in [0.3, 0.4) is 0 Å². The van der Waals surface area contributed by atoms with Gasteiger partial charge in [0.15, 0.2) is 0 Å². The molecule has 0 spiro atoms. The Hall–Kier alpha value is -1.16. The van der Waals surface area contributed by atoms with Gasteiger partial charge < -0.3 is 0 Å². The van der Waals surface area contributed by atoms with Crippen LogP contribution < -0.4 is 0 Å². The van der Waals surface area contributed by atoms with Gasteiger partial charge in [-0.25, -0.2) is 0 Å². The third kappa shape index (κ3) is 2.34. The molecule has 1 aliphatic carbocycles. The van der Waals surface area contributed by atoms with Crippen LogP contribution in [-0.2, 0) is 16.1 Å². The molecule has 4 heteroatoms. The molecule has 2 aliphatic rings. The highest BCUT2D eigenvalue weighted by molar-refractivity contribution is 9.10. The number of benzene rings is 1. The lowest BCUT2D eigenvalue weighted by Gasteiger charge is -2.39. The van der Waals surface area contributed by atoms with E-state index in [1.807, 2.05) is 24.3 Å². The first-order valence-electron chi connectivity index (χ1n) is 6.75. The van der Waals surface area contributed by atoms with Crippen LogP contribution in [-0.4, -0.2) is 16.7 Å². The van der Waals surface area contributed by atoms with Gasteiger partial charge in [-0.15, -0.1) is 0 Å². The lowest BCUT2D eigenvalue weighted by Crippen LogP contribution is -2.50. The summed E-state index contributed by atoms with van der Waals surface area (Å²) in [7, 11) is 0. The number of carbonyl (C=O) groups is 2. The number of hydrogen-bond acceptors (Lipinski definition) is 2. The van der Waals surface area contributed by atoms with E-state index >= 15 is 0 Å². The molecule has 0 radical (unpaired) electrons. The second-order valence-corrected chi connectivity index (χ2v) is 6.27. The predicted molar refractivity (Wildman–Crippen MR) is 75.1 cm³/mol. The van der Waals surface area contributed by atoms with E-state index in [0.29, 0.717) is 6.54 Å². The van der Waals surface area contributed by atoms with Gasteiger partial charge in [-0.2, -0.15) is 0 Å². The molecule has 19 heavy (non-hydrogen) atoms. The van der Waals surface area contributed by atoms with Gasteiger partial charge in [0, 0.05) is 16.3 Å². The molecule has 100 valence electrons. The lowest BCUT2D eigenvalue weighted by molar-refractivity contribution is -0.158. The van der Waals surface area contributed by atoms with Crippen molar-refractivity contribution in [3.05, 3.63) is 34.3 Å². The van der Waals surface area contributed by atoms with Crippen molar-refractivity contribution in [3.63, 3.8) is 0 Å². The molecule has 2 bridgehead atoms. The van der Waals surface area contributed by atoms with Crippen LogP contribution in [0.5, 0.6) is 0 Å². The van der Waals surface area contributed by atoms with Gasteiger partial charge in [0.05, 0.1) is 6.54 Å². The quantitative estimate of drug-likeness (QED) is 0.785. The summed E-state index contributed by atoms with van der Waals surface area (Å²) in [6, 6.07) is 7.76. The summed E-state index contributed by atoms with van der Waals surface area (Å²) in [5.74, 6) is 0.186. The topological polar surface area (TPSA) is 37.4 Å². The fraction of sp³-hybridized carbons (Fsp3) is 0.467. The number of nitrogens with zero attached hydrogens (tertiary/aromatic N) is 1. The number of imide groups is 1. The molecule has 1 saturated heterocycles. The Morgan fingerprint density at radius 2 is 1.74 bits per heavy atom. The van der Waals surface area contributed by atoms with Crippen molar-refractivity contribution in [3.8, 4) is 0 Å². The van der Waals surface area contributed by atoms with E-state index in [4.69, 9.17) is 0 Å². The zero-order valence-electron chi connectivity index (χ0n) is 10.6. The van der Waals surface area contributed by atoms with Crippen LogP contribution >= 0.6 is 15.9 Å². The minimum absolute atomic E-state index is 0.0247. The van der Waals surface area contributed by atoms with Crippen molar-refractivity contribution < 1.29 is 9.59 Å². The summed E-state index contributed by atoms with van der Waals surface area (Å²) in [6.45, 7) is 0.395. The Kier molecular flexibility index (Phi) is 3.44. The molecule has 3 rings (SSSR count). The van der Waals surface area contributed by atoms with Crippen LogP contribution in [0.25, 0.3) is 0 Å². The molecule has 1 aromatic rings. The predicted octanol–water partition coefficient (Wildman–Crippen LogP) is 3.12. The van der Waals surface area contributed by atoms with Crippen LogP contribution in [0, 0.1) is 11.8 Å². The van der Waals surface area contributed by atoms with Gasteiger partial charge in [-0.05, 0) is 30.9 Å². The molecule has 1 heterocycles. The van der Waals surface area contributed by atoms with Crippen molar-refractivity contribution in [2.45, 2.75) is 32.2 Å². The minimum atomic E-state index is 0.0247. The molecule has 2 fully saturated rings. The maximum Gasteiger partial charge on any atom is 0.232 e. The molecule has 0 N–H and O–H groups in total. The molecule has 2 amide bonds. The molecule has 1 aromatic carbocycles. The number of halogens is 1. The van der Waals surface area contributed by atoms with Gasteiger partial charge in [-0.1, -0.05) is 40.5 Å². The van der Waals surface area contributed by atoms with Gasteiger partial charge in [0.2, 0.25) is 11.8 Å². The molecule has 0 aromatic heterocycles. The molecule has 1 saturated carbocycles. The van der Waals surface area contributed by atoms with Gasteiger partial charge >= 0.3 is 0 Å². The summed E-state index contributed by atoms with van der Waals surface area (Å²) < 4.78 is 0.950. The second kappa shape index (κ2) is 5.08. The van der Waals surface area contributed by atoms with Crippen molar-refractivity contribution >= 4 is 27.7 Å². The van der Waals surface area contributed by atoms with Crippen LogP contribution in [0.2, 0.25) is 0 Å².